The Morgan fingerprint density at radius 1 is 1.00 bits per heavy atom. The second-order valence-electron chi connectivity index (χ2n) is 5.63. The second-order valence-corrected chi connectivity index (χ2v) is 11.8. The summed E-state index contributed by atoms with van der Waals surface area (Å²) in [6.07, 6.45) is -0.0721. The number of Topliss-reactive ketones (excluding diaryl/α,β-unsaturated/α-hetero) is 1. The van der Waals surface area contributed by atoms with E-state index in [2.05, 4.69) is 15.9 Å². The van der Waals surface area contributed by atoms with Crippen molar-refractivity contribution in [1.29, 1.82) is 0 Å². The maximum absolute atomic E-state index is 12.9. The molecule has 0 aliphatic carbocycles. The molecule has 0 unspecified atom stereocenters. The number of ketones is 1. The zero-order chi connectivity index (χ0) is 18.4. The van der Waals surface area contributed by atoms with Crippen molar-refractivity contribution >= 4 is 45.3 Å². The number of carbonyl (C=O) groups is 1. The van der Waals surface area contributed by atoms with E-state index in [0.717, 1.165) is 9.87 Å². The molecule has 0 atom stereocenters. The molecule has 1 heterocycles. The van der Waals surface area contributed by atoms with Crippen molar-refractivity contribution in [2.45, 2.75) is 18.2 Å². The third kappa shape index (κ3) is 3.00. The van der Waals surface area contributed by atoms with Gasteiger partial charge in [0.1, 0.15) is 0 Å². The monoisotopic (exact) mass is 443 g/mol. The second kappa shape index (κ2) is 6.22. The fraction of sp³-hybridized carbons (Fsp3) is 0.188. The Morgan fingerprint density at radius 2 is 1.64 bits per heavy atom. The van der Waals surface area contributed by atoms with Gasteiger partial charge in [-0.1, -0.05) is 33.6 Å². The molecule has 132 valence electrons. The lowest BCUT2D eigenvalue weighted by molar-refractivity contribution is 0.0982. The Bertz CT molecular complexity index is 1060. The van der Waals surface area contributed by atoms with Crippen molar-refractivity contribution in [3.63, 3.8) is 0 Å². The van der Waals surface area contributed by atoms with E-state index < -0.39 is 17.9 Å². The van der Waals surface area contributed by atoms with Crippen molar-refractivity contribution in [3.05, 3.63) is 58.1 Å². The molecule has 0 radical (unpaired) electrons. The third-order valence-corrected chi connectivity index (χ3v) is 9.52. The number of aryl methyl sites for hydroxylation is 1. The summed E-state index contributed by atoms with van der Waals surface area (Å²) in [6, 6.07) is 10.1. The van der Waals surface area contributed by atoms with Gasteiger partial charge in [-0.15, -0.1) is 0 Å². The summed E-state index contributed by atoms with van der Waals surface area (Å²) in [7, 11) is -9.40. The number of nitrogens with zero attached hydrogens (tertiary/aromatic N) is 1. The summed E-state index contributed by atoms with van der Waals surface area (Å²) in [4.78, 5) is 11.7. The number of benzene rings is 2. The molecular weight excluding hydrogens is 430 g/mol. The lowest BCUT2D eigenvalue weighted by Crippen LogP contribution is -2.41. The average Bonchev–Trinajstić information content (AvgIpc) is 2.55. The normalized spacial score (nSPS) is 15.1. The molecule has 0 amide bonds. The van der Waals surface area contributed by atoms with Crippen molar-refractivity contribution in [1.82, 2.24) is 0 Å². The van der Waals surface area contributed by atoms with Gasteiger partial charge in [-0.05, 0) is 37.3 Å². The SMILES string of the molecule is Cc1ccc(S(=O)(=O)S(=O)(=O)N2CCC(=O)c3ccc(Br)cc32)cc1. The Hall–Kier alpha value is -1.71. The molecule has 6 nitrogen and oxygen atoms in total. The lowest BCUT2D eigenvalue weighted by Gasteiger charge is -2.29. The molecule has 1 aliphatic heterocycles. The van der Waals surface area contributed by atoms with Gasteiger partial charge >= 0.3 is 17.9 Å². The Labute approximate surface area is 154 Å². The lowest BCUT2D eigenvalue weighted by atomic mass is 10.0. The summed E-state index contributed by atoms with van der Waals surface area (Å²) in [6.45, 7) is 1.56. The first-order valence-electron chi connectivity index (χ1n) is 7.32. The maximum Gasteiger partial charge on any atom is 0.346 e. The number of halogens is 1. The molecule has 2 aromatic carbocycles. The minimum absolute atomic E-state index is 0.0707. The summed E-state index contributed by atoms with van der Waals surface area (Å²) in [5, 5.41) is 0. The molecule has 0 bridgehead atoms. The van der Waals surface area contributed by atoms with Crippen molar-refractivity contribution in [3.8, 4) is 0 Å². The van der Waals surface area contributed by atoms with Crippen LogP contribution < -0.4 is 4.31 Å². The van der Waals surface area contributed by atoms with Crippen LogP contribution in [-0.2, 0) is 17.9 Å². The van der Waals surface area contributed by atoms with Gasteiger partial charge in [0.15, 0.2) is 5.78 Å². The first-order chi connectivity index (χ1) is 11.6. The summed E-state index contributed by atoms with van der Waals surface area (Å²) in [5.41, 5.74) is 1.08. The molecule has 25 heavy (non-hydrogen) atoms. The van der Waals surface area contributed by atoms with E-state index >= 15 is 0 Å². The number of carbonyl (C=O) groups excluding carboxylic acids is 1. The van der Waals surface area contributed by atoms with Gasteiger partial charge < -0.3 is 0 Å². The molecule has 9 heteroatoms. The van der Waals surface area contributed by atoms with Gasteiger partial charge in [0.25, 0.3) is 0 Å². The zero-order valence-corrected chi connectivity index (χ0v) is 16.4. The smallest absolute Gasteiger partial charge is 0.294 e. The van der Waals surface area contributed by atoms with Gasteiger partial charge in [0.05, 0.1) is 10.6 Å². The quantitative estimate of drug-likeness (QED) is 0.680. The number of hydrogen-bond acceptors (Lipinski definition) is 5. The van der Waals surface area contributed by atoms with E-state index in [1.54, 1.807) is 13.0 Å². The zero-order valence-electron chi connectivity index (χ0n) is 13.1. The predicted octanol–water partition coefficient (Wildman–Crippen LogP) is 2.87. The first kappa shape index (κ1) is 18.1. The van der Waals surface area contributed by atoms with Crippen molar-refractivity contribution in [2.75, 3.05) is 10.8 Å². The van der Waals surface area contributed by atoms with Crippen LogP contribution in [0.1, 0.15) is 22.3 Å². The molecule has 0 fully saturated rings. The van der Waals surface area contributed by atoms with Crippen LogP contribution in [0.25, 0.3) is 0 Å². The van der Waals surface area contributed by atoms with Crippen LogP contribution in [-0.4, -0.2) is 29.2 Å². The van der Waals surface area contributed by atoms with Crippen LogP contribution in [0.15, 0.2) is 51.8 Å². The minimum atomic E-state index is -4.75. The van der Waals surface area contributed by atoms with Gasteiger partial charge in [-0.25, -0.2) is 8.42 Å². The van der Waals surface area contributed by atoms with Gasteiger partial charge in [0.2, 0.25) is 0 Å². The van der Waals surface area contributed by atoms with Crippen LogP contribution in [0, 0.1) is 6.92 Å². The van der Waals surface area contributed by atoms with Crippen LogP contribution >= 0.6 is 15.9 Å². The van der Waals surface area contributed by atoms with Crippen LogP contribution in [0.4, 0.5) is 5.69 Å². The molecule has 0 saturated heterocycles. The fourth-order valence-electron chi connectivity index (χ4n) is 2.58. The van der Waals surface area contributed by atoms with E-state index in [9.17, 15) is 21.6 Å². The first-order valence-corrected chi connectivity index (χ1v) is 11.5. The van der Waals surface area contributed by atoms with Gasteiger partial charge in [-0.3, -0.25) is 9.10 Å². The Kier molecular flexibility index (Phi) is 4.50. The molecule has 2 aromatic rings. The maximum atomic E-state index is 12.9. The summed E-state index contributed by atoms with van der Waals surface area (Å²) >= 11 is 3.23. The van der Waals surface area contributed by atoms with E-state index in [0.29, 0.717) is 4.47 Å². The number of hydrogen-bond donors (Lipinski definition) is 0. The molecule has 0 N–H and O–H groups in total. The highest BCUT2D eigenvalue weighted by Crippen LogP contribution is 2.35. The van der Waals surface area contributed by atoms with E-state index in [1.807, 2.05) is 0 Å². The third-order valence-electron chi connectivity index (χ3n) is 3.93. The minimum Gasteiger partial charge on any atom is -0.294 e. The molecule has 0 aromatic heterocycles. The Balaban J connectivity index is 2.16. The summed E-state index contributed by atoms with van der Waals surface area (Å²) < 4.78 is 52.5. The number of anilines is 1. The molecule has 1 aliphatic rings. The predicted molar refractivity (Wildman–Crippen MR) is 97.7 cm³/mol. The van der Waals surface area contributed by atoms with Gasteiger partial charge in [-0.2, -0.15) is 8.42 Å². The van der Waals surface area contributed by atoms with Crippen LogP contribution in [0.2, 0.25) is 0 Å². The fourth-order valence-corrected chi connectivity index (χ4v) is 6.83. The van der Waals surface area contributed by atoms with E-state index in [1.165, 1.54) is 36.4 Å². The molecular formula is C16H14BrNO5S2. The standard InChI is InChI=1S/C16H14BrNO5S2/c1-11-2-5-13(6-3-11)24(20,21)25(22,23)18-9-8-16(19)14-7-4-12(17)10-15(14)18/h2-7,10H,8-9H2,1H3. The van der Waals surface area contributed by atoms with E-state index in [4.69, 9.17) is 0 Å². The highest BCUT2D eigenvalue weighted by molar-refractivity contribution is 9.10. The highest BCUT2D eigenvalue weighted by Gasteiger charge is 2.41. The van der Waals surface area contributed by atoms with Crippen molar-refractivity contribution < 1.29 is 21.6 Å². The van der Waals surface area contributed by atoms with Gasteiger partial charge in [0, 0.05) is 23.0 Å². The molecule has 0 spiro atoms. The largest absolute Gasteiger partial charge is 0.346 e. The summed E-state index contributed by atoms with van der Waals surface area (Å²) in [5.74, 6) is -0.221. The number of fused-ring (bicyclic) bond motifs is 1. The van der Waals surface area contributed by atoms with Crippen LogP contribution in [0.5, 0.6) is 0 Å². The van der Waals surface area contributed by atoms with E-state index in [-0.39, 0.29) is 34.9 Å². The molecule has 3 rings (SSSR count). The Morgan fingerprint density at radius 3 is 2.28 bits per heavy atom. The highest BCUT2D eigenvalue weighted by atomic mass is 79.9. The van der Waals surface area contributed by atoms with Crippen molar-refractivity contribution in [2.24, 2.45) is 0 Å². The average molecular weight is 444 g/mol. The number of rotatable bonds is 3. The van der Waals surface area contributed by atoms with Crippen LogP contribution in [0.3, 0.4) is 0 Å². The topological polar surface area (TPSA) is 88.6 Å². The molecule has 0 saturated carbocycles.